The van der Waals surface area contributed by atoms with Crippen molar-refractivity contribution in [1.82, 2.24) is 10.2 Å². The molecule has 22 heavy (non-hydrogen) atoms. The van der Waals surface area contributed by atoms with Crippen molar-refractivity contribution in [1.29, 1.82) is 0 Å². The zero-order chi connectivity index (χ0) is 15.8. The van der Waals surface area contributed by atoms with Crippen molar-refractivity contribution < 1.29 is 18.0 Å². The SMILES string of the molecule is O=C(N(CCC(F)(F)F)CC1CC1)[C@@]12CCCC[C@H]1CNC2. The van der Waals surface area contributed by atoms with Crippen LogP contribution in [-0.2, 0) is 4.79 Å². The topological polar surface area (TPSA) is 32.3 Å². The number of amides is 1. The molecule has 0 aromatic carbocycles. The Bertz CT molecular complexity index is 422. The molecule has 1 aliphatic heterocycles. The molecule has 3 nitrogen and oxygen atoms in total. The molecule has 6 heteroatoms. The molecule has 3 fully saturated rings. The summed E-state index contributed by atoms with van der Waals surface area (Å²) in [4.78, 5) is 14.6. The number of halogens is 3. The van der Waals surface area contributed by atoms with Crippen LogP contribution in [0.3, 0.4) is 0 Å². The van der Waals surface area contributed by atoms with Gasteiger partial charge in [-0.05, 0) is 44.1 Å². The molecule has 2 saturated carbocycles. The highest BCUT2D eigenvalue weighted by Gasteiger charge is 2.52. The molecular weight excluding hydrogens is 293 g/mol. The molecule has 1 amide bonds. The van der Waals surface area contributed by atoms with Gasteiger partial charge in [0.1, 0.15) is 0 Å². The Morgan fingerprint density at radius 3 is 2.68 bits per heavy atom. The van der Waals surface area contributed by atoms with Gasteiger partial charge in [0.05, 0.1) is 11.8 Å². The second-order valence-electron chi connectivity index (χ2n) is 7.29. The number of hydrogen-bond acceptors (Lipinski definition) is 2. The van der Waals surface area contributed by atoms with Crippen LogP contribution < -0.4 is 5.32 Å². The Balaban J connectivity index is 1.72. The van der Waals surface area contributed by atoms with Gasteiger partial charge in [0.2, 0.25) is 5.91 Å². The van der Waals surface area contributed by atoms with E-state index in [4.69, 9.17) is 0 Å². The van der Waals surface area contributed by atoms with Gasteiger partial charge in [-0.25, -0.2) is 0 Å². The van der Waals surface area contributed by atoms with Crippen molar-refractivity contribution in [3.8, 4) is 0 Å². The molecule has 0 bridgehead atoms. The zero-order valence-electron chi connectivity index (χ0n) is 12.9. The van der Waals surface area contributed by atoms with Crippen LogP contribution in [0, 0.1) is 17.3 Å². The summed E-state index contributed by atoms with van der Waals surface area (Å²) in [7, 11) is 0. The molecular formula is C16H25F3N2O. The average molecular weight is 318 g/mol. The van der Waals surface area contributed by atoms with Gasteiger partial charge in [-0.15, -0.1) is 0 Å². The van der Waals surface area contributed by atoms with Gasteiger partial charge in [0.25, 0.3) is 0 Å². The van der Waals surface area contributed by atoms with Crippen LogP contribution in [0.15, 0.2) is 0 Å². The Hall–Kier alpha value is -0.780. The van der Waals surface area contributed by atoms with Gasteiger partial charge >= 0.3 is 6.18 Å². The Morgan fingerprint density at radius 1 is 1.23 bits per heavy atom. The number of fused-ring (bicyclic) bond motifs is 1. The van der Waals surface area contributed by atoms with Gasteiger partial charge in [-0.3, -0.25) is 4.79 Å². The Morgan fingerprint density at radius 2 is 2.00 bits per heavy atom. The summed E-state index contributed by atoms with van der Waals surface area (Å²) in [6.07, 6.45) is 1.01. The van der Waals surface area contributed by atoms with E-state index in [0.717, 1.165) is 45.1 Å². The minimum absolute atomic E-state index is 0.0154. The van der Waals surface area contributed by atoms with Crippen molar-refractivity contribution in [3.05, 3.63) is 0 Å². The van der Waals surface area contributed by atoms with Crippen LogP contribution in [-0.4, -0.2) is 43.2 Å². The minimum atomic E-state index is -4.19. The largest absolute Gasteiger partial charge is 0.390 e. The minimum Gasteiger partial charge on any atom is -0.342 e. The third-order valence-electron chi connectivity index (χ3n) is 5.59. The van der Waals surface area contributed by atoms with Crippen LogP contribution in [0.25, 0.3) is 0 Å². The number of carbonyl (C=O) groups excluding carboxylic acids is 1. The molecule has 0 spiro atoms. The Kier molecular flexibility index (Phi) is 4.40. The van der Waals surface area contributed by atoms with Crippen molar-refractivity contribution >= 4 is 5.91 Å². The van der Waals surface area contributed by atoms with Crippen molar-refractivity contribution in [2.24, 2.45) is 17.3 Å². The fourth-order valence-electron chi connectivity index (χ4n) is 4.13. The van der Waals surface area contributed by atoms with E-state index in [-0.39, 0.29) is 12.5 Å². The lowest BCUT2D eigenvalue weighted by molar-refractivity contribution is -0.154. The number of rotatable bonds is 5. The van der Waals surface area contributed by atoms with Crippen LogP contribution in [0.4, 0.5) is 13.2 Å². The summed E-state index contributed by atoms with van der Waals surface area (Å²) in [5.74, 6) is 0.713. The van der Waals surface area contributed by atoms with E-state index in [9.17, 15) is 18.0 Å². The zero-order valence-corrected chi connectivity index (χ0v) is 12.9. The number of carbonyl (C=O) groups is 1. The van der Waals surface area contributed by atoms with E-state index in [1.54, 1.807) is 0 Å². The van der Waals surface area contributed by atoms with E-state index >= 15 is 0 Å². The molecule has 126 valence electrons. The van der Waals surface area contributed by atoms with Crippen LogP contribution in [0.1, 0.15) is 44.9 Å². The van der Waals surface area contributed by atoms with Gasteiger partial charge in [0, 0.05) is 19.6 Å². The molecule has 0 unspecified atom stereocenters. The van der Waals surface area contributed by atoms with Crippen molar-refractivity contribution in [2.75, 3.05) is 26.2 Å². The highest BCUT2D eigenvalue weighted by atomic mass is 19.4. The molecule has 0 aromatic rings. The first-order chi connectivity index (χ1) is 10.4. The quantitative estimate of drug-likeness (QED) is 0.845. The predicted octanol–water partition coefficient (Wildman–Crippen LogP) is 2.96. The molecule has 3 aliphatic rings. The predicted molar refractivity (Wildman–Crippen MR) is 77.2 cm³/mol. The van der Waals surface area contributed by atoms with E-state index in [1.165, 1.54) is 4.90 Å². The number of hydrogen-bond donors (Lipinski definition) is 1. The lowest BCUT2D eigenvalue weighted by Crippen LogP contribution is -2.51. The monoisotopic (exact) mass is 318 g/mol. The molecule has 0 aromatic heterocycles. The smallest absolute Gasteiger partial charge is 0.342 e. The van der Waals surface area contributed by atoms with Crippen molar-refractivity contribution in [3.63, 3.8) is 0 Å². The molecule has 1 saturated heterocycles. The lowest BCUT2D eigenvalue weighted by Gasteiger charge is -2.41. The number of nitrogens with one attached hydrogen (secondary N) is 1. The lowest BCUT2D eigenvalue weighted by atomic mass is 9.67. The van der Waals surface area contributed by atoms with Crippen LogP contribution >= 0.6 is 0 Å². The first kappa shape index (κ1) is 16.1. The van der Waals surface area contributed by atoms with Gasteiger partial charge in [-0.2, -0.15) is 13.2 Å². The molecule has 3 rings (SSSR count). The third kappa shape index (κ3) is 3.42. The van der Waals surface area contributed by atoms with Crippen molar-refractivity contribution in [2.45, 2.75) is 51.1 Å². The molecule has 2 aliphatic carbocycles. The summed E-state index contributed by atoms with van der Waals surface area (Å²) in [6, 6.07) is 0. The Labute approximate surface area is 129 Å². The summed E-state index contributed by atoms with van der Waals surface area (Å²) in [5.41, 5.74) is -0.432. The highest BCUT2D eigenvalue weighted by Crippen LogP contribution is 2.45. The fourth-order valence-corrected chi connectivity index (χ4v) is 4.13. The fraction of sp³-hybridized carbons (Fsp3) is 0.938. The molecule has 1 heterocycles. The average Bonchev–Trinajstić information content (AvgIpc) is 3.17. The van der Waals surface area contributed by atoms with E-state index in [0.29, 0.717) is 24.9 Å². The normalized spacial score (nSPS) is 31.9. The maximum absolute atomic E-state index is 13.1. The van der Waals surface area contributed by atoms with Gasteiger partial charge in [0.15, 0.2) is 0 Å². The third-order valence-corrected chi connectivity index (χ3v) is 5.59. The van der Waals surface area contributed by atoms with Crippen LogP contribution in [0.5, 0.6) is 0 Å². The molecule has 1 N–H and O–H groups in total. The second-order valence-corrected chi connectivity index (χ2v) is 7.29. The number of alkyl halides is 3. The van der Waals surface area contributed by atoms with E-state index < -0.39 is 18.0 Å². The van der Waals surface area contributed by atoms with E-state index in [1.807, 2.05) is 0 Å². The molecule has 0 radical (unpaired) electrons. The summed E-state index contributed by atoms with van der Waals surface area (Å²) in [5, 5.41) is 3.31. The van der Waals surface area contributed by atoms with Gasteiger partial charge < -0.3 is 10.2 Å². The summed E-state index contributed by atoms with van der Waals surface area (Å²) in [6.45, 7) is 1.82. The maximum Gasteiger partial charge on any atom is 0.390 e. The van der Waals surface area contributed by atoms with E-state index in [2.05, 4.69) is 5.32 Å². The summed E-state index contributed by atoms with van der Waals surface area (Å²) >= 11 is 0. The summed E-state index contributed by atoms with van der Waals surface area (Å²) < 4.78 is 37.8. The first-order valence-corrected chi connectivity index (χ1v) is 8.47. The second kappa shape index (κ2) is 6.02. The first-order valence-electron chi connectivity index (χ1n) is 8.47. The van der Waals surface area contributed by atoms with Gasteiger partial charge in [-0.1, -0.05) is 12.8 Å². The highest BCUT2D eigenvalue weighted by molar-refractivity contribution is 5.84. The standard InChI is InChI=1S/C16H25F3N2O/c17-16(18,19)7-8-21(10-12-4-5-12)14(22)15-6-2-1-3-13(15)9-20-11-15/h12-13,20H,1-11H2/t13-,15+/m0/s1. The molecule has 2 atom stereocenters. The number of nitrogens with zero attached hydrogens (tertiary/aromatic N) is 1. The maximum atomic E-state index is 13.1. The van der Waals surface area contributed by atoms with Crippen LogP contribution in [0.2, 0.25) is 0 Å².